The first kappa shape index (κ1) is 15.2. The van der Waals surface area contributed by atoms with Crippen molar-refractivity contribution in [3.05, 3.63) is 46.0 Å². The Morgan fingerprint density at radius 3 is 3.00 bits per heavy atom. The number of aromatic nitrogens is 2. The highest BCUT2D eigenvalue weighted by molar-refractivity contribution is 5.93. The van der Waals surface area contributed by atoms with Crippen molar-refractivity contribution in [2.24, 2.45) is 0 Å². The van der Waals surface area contributed by atoms with Gasteiger partial charge in [-0.15, -0.1) is 0 Å². The number of fused-ring (bicyclic) bond motifs is 1. The molecule has 0 spiro atoms. The standard InChI is InChI=1S/C15H19N3O3/c1-3-11(19)4-6-16-14(20)12-9-17-13-8-10(2)5-7-18(13)15(12)21/h5,7-9,11,19H,3-4,6H2,1-2H3,(H,16,20). The Kier molecular flexibility index (Phi) is 4.70. The fourth-order valence-electron chi connectivity index (χ4n) is 1.98. The monoisotopic (exact) mass is 289 g/mol. The highest BCUT2D eigenvalue weighted by Gasteiger charge is 2.13. The zero-order valence-electron chi connectivity index (χ0n) is 12.2. The van der Waals surface area contributed by atoms with Gasteiger partial charge >= 0.3 is 0 Å². The van der Waals surface area contributed by atoms with E-state index in [-0.39, 0.29) is 5.56 Å². The number of aliphatic hydroxyl groups excluding tert-OH is 1. The maximum atomic E-state index is 12.2. The zero-order valence-corrected chi connectivity index (χ0v) is 12.2. The Balaban J connectivity index is 2.18. The number of nitrogens with one attached hydrogen (secondary N) is 1. The van der Waals surface area contributed by atoms with Gasteiger partial charge in [0.1, 0.15) is 11.2 Å². The number of hydrogen-bond acceptors (Lipinski definition) is 4. The summed E-state index contributed by atoms with van der Waals surface area (Å²) in [4.78, 5) is 28.4. The van der Waals surface area contributed by atoms with Crippen LogP contribution in [0.3, 0.4) is 0 Å². The SMILES string of the molecule is CCC(O)CCNC(=O)c1cnc2cc(C)ccn2c1=O. The van der Waals surface area contributed by atoms with Crippen molar-refractivity contribution in [2.45, 2.75) is 32.8 Å². The molecule has 0 aliphatic heterocycles. The summed E-state index contributed by atoms with van der Waals surface area (Å²) in [5.74, 6) is -0.467. The van der Waals surface area contributed by atoms with Crippen molar-refractivity contribution in [1.29, 1.82) is 0 Å². The molecule has 0 aliphatic rings. The maximum Gasteiger partial charge on any atom is 0.270 e. The Morgan fingerprint density at radius 1 is 1.52 bits per heavy atom. The van der Waals surface area contributed by atoms with Crippen LogP contribution >= 0.6 is 0 Å². The van der Waals surface area contributed by atoms with Crippen molar-refractivity contribution in [1.82, 2.24) is 14.7 Å². The molecule has 0 aliphatic carbocycles. The van der Waals surface area contributed by atoms with Gasteiger partial charge in [0, 0.05) is 18.9 Å². The number of carbonyl (C=O) groups excluding carboxylic acids is 1. The lowest BCUT2D eigenvalue weighted by atomic mass is 10.2. The van der Waals surface area contributed by atoms with Gasteiger partial charge in [0.25, 0.3) is 11.5 Å². The van der Waals surface area contributed by atoms with Gasteiger partial charge in [-0.05, 0) is 37.5 Å². The van der Waals surface area contributed by atoms with Gasteiger partial charge in [-0.25, -0.2) is 4.98 Å². The molecule has 2 aromatic heterocycles. The fraction of sp³-hybridized carbons (Fsp3) is 0.400. The Hall–Kier alpha value is -2.21. The van der Waals surface area contributed by atoms with E-state index in [4.69, 9.17) is 0 Å². The number of nitrogens with zero attached hydrogens (tertiary/aromatic N) is 2. The van der Waals surface area contributed by atoms with Gasteiger partial charge in [-0.1, -0.05) is 6.92 Å². The van der Waals surface area contributed by atoms with Gasteiger partial charge < -0.3 is 10.4 Å². The van der Waals surface area contributed by atoms with E-state index in [0.29, 0.717) is 25.0 Å². The van der Waals surface area contributed by atoms with Gasteiger partial charge in [0.2, 0.25) is 0 Å². The Labute approximate surface area is 122 Å². The second-order valence-electron chi connectivity index (χ2n) is 5.02. The molecule has 0 saturated heterocycles. The molecule has 1 unspecified atom stereocenters. The van der Waals surface area contributed by atoms with E-state index < -0.39 is 17.6 Å². The molecule has 0 fully saturated rings. The average Bonchev–Trinajstić information content (AvgIpc) is 2.47. The van der Waals surface area contributed by atoms with E-state index in [1.54, 1.807) is 18.3 Å². The second-order valence-corrected chi connectivity index (χ2v) is 5.02. The van der Waals surface area contributed by atoms with E-state index in [0.717, 1.165) is 5.56 Å². The zero-order chi connectivity index (χ0) is 15.4. The van der Waals surface area contributed by atoms with Gasteiger partial charge in [-0.3, -0.25) is 14.0 Å². The summed E-state index contributed by atoms with van der Waals surface area (Å²) < 4.78 is 1.35. The number of aliphatic hydroxyl groups is 1. The smallest absolute Gasteiger partial charge is 0.270 e. The Bertz CT molecular complexity index is 709. The summed E-state index contributed by atoms with van der Waals surface area (Å²) in [6.07, 6.45) is 3.56. The number of rotatable bonds is 5. The summed E-state index contributed by atoms with van der Waals surface area (Å²) in [5.41, 5.74) is 1.11. The van der Waals surface area contributed by atoms with Gasteiger partial charge in [0.05, 0.1) is 6.10 Å². The molecule has 0 radical (unpaired) electrons. The first-order valence-corrected chi connectivity index (χ1v) is 6.97. The predicted molar refractivity (Wildman–Crippen MR) is 79.4 cm³/mol. The minimum absolute atomic E-state index is 0.00217. The molecule has 0 aromatic carbocycles. The van der Waals surface area contributed by atoms with E-state index in [2.05, 4.69) is 10.3 Å². The van der Waals surface area contributed by atoms with Crippen LogP contribution in [-0.2, 0) is 0 Å². The van der Waals surface area contributed by atoms with E-state index >= 15 is 0 Å². The van der Waals surface area contributed by atoms with Crippen LogP contribution in [0.5, 0.6) is 0 Å². The number of aryl methyl sites for hydroxylation is 1. The molecule has 2 rings (SSSR count). The van der Waals surface area contributed by atoms with Crippen LogP contribution in [0.2, 0.25) is 0 Å². The van der Waals surface area contributed by atoms with E-state index in [1.807, 2.05) is 13.8 Å². The van der Waals surface area contributed by atoms with Crippen molar-refractivity contribution in [2.75, 3.05) is 6.54 Å². The van der Waals surface area contributed by atoms with Crippen LogP contribution in [0.25, 0.3) is 5.65 Å². The summed E-state index contributed by atoms with van der Waals surface area (Å²) in [6.45, 7) is 4.10. The molecule has 112 valence electrons. The highest BCUT2D eigenvalue weighted by Crippen LogP contribution is 2.02. The number of carbonyl (C=O) groups is 1. The minimum Gasteiger partial charge on any atom is -0.393 e. The van der Waals surface area contributed by atoms with Crippen LogP contribution in [-0.4, -0.2) is 33.0 Å². The molecule has 2 heterocycles. The first-order valence-electron chi connectivity index (χ1n) is 6.97. The topological polar surface area (TPSA) is 83.7 Å². The lowest BCUT2D eigenvalue weighted by Crippen LogP contribution is -2.33. The van der Waals surface area contributed by atoms with Crippen molar-refractivity contribution in [3.63, 3.8) is 0 Å². The van der Waals surface area contributed by atoms with Crippen LogP contribution in [0.4, 0.5) is 0 Å². The van der Waals surface area contributed by atoms with Gasteiger partial charge in [0.15, 0.2) is 0 Å². The van der Waals surface area contributed by atoms with Crippen molar-refractivity contribution >= 4 is 11.6 Å². The lowest BCUT2D eigenvalue weighted by molar-refractivity contribution is 0.0940. The quantitative estimate of drug-likeness (QED) is 0.856. The van der Waals surface area contributed by atoms with E-state index in [1.165, 1.54) is 10.6 Å². The molecule has 1 atom stereocenters. The summed E-state index contributed by atoms with van der Waals surface area (Å²) >= 11 is 0. The first-order chi connectivity index (χ1) is 10.0. The van der Waals surface area contributed by atoms with Crippen molar-refractivity contribution < 1.29 is 9.90 Å². The summed E-state index contributed by atoms with van der Waals surface area (Å²) in [6, 6.07) is 3.57. The number of amides is 1. The van der Waals surface area contributed by atoms with E-state index in [9.17, 15) is 14.7 Å². The summed E-state index contributed by atoms with van der Waals surface area (Å²) in [7, 11) is 0. The average molecular weight is 289 g/mol. The Morgan fingerprint density at radius 2 is 2.29 bits per heavy atom. The molecular weight excluding hydrogens is 270 g/mol. The predicted octanol–water partition coefficient (Wildman–Crippen LogP) is 0.894. The largest absolute Gasteiger partial charge is 0.393 e. The molecule has 2 aromatic rings. The molecule has 6 heteroatoms. The van der Waals surface area contributed by atoms with Crippen LogP contribution in [0.15, 0.2) is 29.3 Å². The highest BCUT2D eigenvalue weighted by atomic mass is 16.3. The number of pyridine rings is 1. The van der Waals surface area contributed by atoms with Crippen LogP contribution in [0.1, 0.15) is 35.7 Å². The van der Waals surface area contributed by atoms with Crippen molar-refractivity contribution in [3.8, 4) is 0 Å². The molecule has 21 heavy (non-hydrogen) atoms. The second kappa shape index (κ2) is 6.49. The third kappa shape index (κ3) is 3.46. The molecule has 0 bridgehead atoms. The fourth-order valence-corrected chi connectivity index (χ4v) is 1.98. The van der Waals surface area contributed by atoms with Gasteiger partial charge in [-0.2, -0.15) is 0 Å². The normalized spacial score (nSPS) is 12.3. The molecule has 6 nitrogen and oxygen atoms in total. The molecule has 1 amide bonds. The molecule has 2 N–H and O–H groups in total. The third-order valence-corrected chi connectivity index (χ3v) is 3.34. The number of hydrogen-bond donors (Lipinski definition) is 2. The lowest BCUT2D eigenvalue weighted by Gasteiger charge is -2.09. The van der Waals surface area contributed by atoms with Crippen LogP contribution in [0, 0.1) is 6.92 Å². The third-order valence-electron chi connectivity index (χ3n) is 3.34. The van der Waals surface area contributed by atoms with Crippen LogP contribution < -0.4 is 10.9 Å². The maximum absolute atomic E-state index is 12.2. The minimum atomic E-state index is -0.467. The molecular formula is C15H19N3O3. The molecule has 0 saturated carbocycles. The summed E-state index contributed by atoms with van der Waals surface area (Å²) in [5, 5.41) is 12.1.